The number of H-pyrrole nitrogens is 1. The maximum Gasteiger partial charge on any atom is 0.256 e. The van der Waals surface area contributed by atoms with Gasteiger partial charge in [0.05, 0.1) is 5.56 Å². The molecule has 0 bridgehead atoms. The zero-order chi connectivity index (χ0) is 12.8. The number of carbonyl (C=O) groups excluding carboxylic acids is 1. The quantitative estimate of drug-likeness (QED) is 0.619. The fourth-order valence-electron chi connectivity index (χ4n) is 1.34. The lowest BCUT2D eigenvalue weighted by atomic mass is 10.2. The monoisotopic (exact) mass is 239 g/mol. The molecule has 0 fully saturated rings. The van der Waals surface area contributed by atoms with Crippen molar-refractivity contribution in [2.75, 3.05) is 27.2 Å². The Kier molecular flexibility index (Phi) is 4.71. The SMILES string of the molecule is CN(C)CCCNC(=O)c1c[nH]c(=O)cc1O. The lowest BCUT2D eigenvalue weighted by molar-refractivity contribution is 0.0949. The summed E-state index contributed by atoms with van der Waals surface area (Å²) < 4.78 is 0. The molecule has 0 aliphatic heterocycles. The minimum Gasteiger partial charge on any atom is -0.507 e. The first-order valence-corrected chi connectivity index (χ1v) is 5.35. The summed E-state index contributed by atoms with van der Waals surface area (Å²) in [6.45, 7) is 1.40. The predicted octanol–water partition coefficient (Wildman–Crippen LogP) is -0.238. The molecular formula is C11H17N3O3. The third-order valence-electron chi connectivity index (χ3n) is 2.21. The molecule has 1 aromatic rings. The molecule has 0 atom stereocenters. The van der Waals surface area contributed by atoms with Crippen molar-refractivity contribution in [1.82, 2.24) is 15.2 Å². The fourth-order valence-corrected chi connectivity index (χ4v) is 1.34. The van der Waals surface area contributed by atoms with Crippen LogP contribution in [0.1, 0.15) is 16.8 Å². The van der Waals surface area contributed by atoms with Crippen LogP contribution in [0.5, 0.6) is 5.75 Å². The molecule has 0 aliphatic carbocycles. The predicted molar refractivity (Wildman–Crippen MR) is 64.2 cm³/mol. The van der Waals surface area contributed by atoms with Gasteiger partial charge >= 0.3 is 0 Å². The molecule has 0 saturated carbocycles. The van der Waals surface area contributed by atoms with Gasteiger partial charge in [0.1, 0.15) is 5.75 Å². The third kappa shape index (κ3) is 4.28. The molecule has 1 rings (SSSR count). The van der Waals surface area contributed by atoms with Gasteiger partial charge < -0.3 is 20.3 Å². The van der Waals surface area contributed by atoms with Crippen molar-refractivity contribution < 1.29 is 9.90 Å². The van der Waals surface area contributed by atoms with Crippen molar-refractivity contribution in [3.63, 3.8) is 0 Å². The number of hydrogen-bond donors (Lipinski definition) is 3. The van der Waals surface area contributed by atoms with Crippen molar-refractivity contribution in [2.24, 2.45) is 0 Å². The molecule has 1 aromatic heterocycles. The Morgan fingerprint density at radius 3 is 2.82 bits per heavy atom. The molecule has 17 heavy (non-hydrogen) atoms. The Morgan fingerprint density at radius 2 is 2.24 bits per heavy atom. The topological polar surface area (TPSA) is 85.4 Å². The van der Waals surface area contributed by atoms with Gasteiger partial charge in [-0.1, -0.05) is 0 Å². The van der Waals surface area contributed by atoms with E-state index in [4.69, 9.17) is 0 Å². The van der Waals surface area contributed by atoms with Crippen LogP contribution in [-0.2, 0) is 0 Å². The zero-order valence-corrected chi connectivity index (χ0v) is 9.99. The fraction of sp³-hybridized carbons (Fsp3) is 0.455. The maximum atomic E-state index is 11.6. The first-order valence-electron chi connectivity index (χ1n) is 5.35. The molecule has 0 aliphatic rings. The van der Waals surface area contributed by atoms with Crippen LogP contribution in [0.25, 0.3) is 0 Å². The summed E-state index contributed by atoms with van der Waals surface area (Å²) in [4.78, 5) is 26.8. The smallest absolute Gasteiger partial charge is 0.256 e. The van der Waals surface area contributed by atoms with Gasteiger partial charge in [0.25, 0.3) is 11.5 Å². The molecule has 3 N–H and O–H groups in total. The number of rotatable bonds is 5. The highest BCUT2D eigenvalue weighted by Crippen LogP contribution is 2.11. The van der Waals surface area contributed by atoms with E-state index in [9.17, 15) is 14.7 Å². The first kappa shape index (κ1) is 13.2. The number of aromatic amines is 1. The van der Waals surface area contributed by atoms with Crippen LogP contribution in [0, 0.1) is 0 Å². The molecule has 0 aromatic carbocycles. The highest BCUT2D eigenvalue weighted by Gasteiger charge is 2.10. The second kappa shape index (κ2) is 6.05. The van der Waals surface area contributed by atoms with E-state index in [2.05, 4.69) is 10.3 Å². The van der Waals surface area contributed by atoms with E-state index in [0.717, 1.165) is 19.0 Å². The van der Waals surface area contributed by atoms with Crippen molar-refractivity contribution in [2.45, 2.75) is 6.42 Å². The van der Waals surface area contributed by atoms with Gasteiger partial charge in [0.2, 0.25) is 0 Å². The van der Waals surface area contributed by atoms with Gasteiger partial charge in [0.15, 0.2) is 0 Å². The molecular weight excluding hydrogens is 222 g/mol. The second-order valence-electron chi connectivity index (χ2n) is 4.01. The van der Waals surface area contributed by atoms with Crippen LogP contribution in [0.3, 0.4) is 0 Å². The zero-order valence-electron chi connectivity index (χ0n) is 9.99. The number of aromatic nitrogens is 1. The van der Waals surface area contributed by atoms with Gasteiger partial charge in [-0.15, -0.1) is 0 Å². The molecule has 0 radical (unpaired) electrons. The van der Waals surface area contributed by atoms with Crippen LogP contribution in [0.4, 0.5) is 0 Å². The minimum atomic E-state index is -0.438. The molecule has 0 saturated heterocycles. The van der Waals surface area contributed by atoms with Gasteiger partial charge in [0, 0.05) is 18.8 Å². The van der Waals surface area contributed by atoms with Crippen LogP contribution >= 0.6 is 0 Å². The van der Waals surface area contributed by atoms with E-state index >= 15 is 0 Å². The molecule has 0 unspecified atom stereocenters. The Morgan fingerprint density at radius 1 is 1.53 bits per heavy atom. The molecule has 6 nitrogen and oxygen atoms in total. The average molecular weight is 239 g/mol. The van der Waals surface area contributed by atoms with Crippen LogP contribution in [-0.4, -0.2) is 48.1 Å². The normalized spacial score (nSPS) is 10.5. The third-order valence-corrected chi connectivity index (χ3v) is 2.21. The summed E-state index contributed by atoms with van der Waals surface area (Å²) in [6.07, 6.45) is 2.03. The van der Waals surface area contributed by atoms with Gasteiger partial charge in [-0.3, -0.25) is 9.59 Å². The van der Waals surface area contributed by atoms with E-state index in [1.807, 2.05) is 19.0 Å². The van der Waals surface area contributed by atoms with Crippen molar-refractivity contribution in [3.05, 3.63) is 28.2 Å². The van der Waals surface area contributed by atoms with Crippen LogP contribution in [0.2, 0.25) is 0 Å². The number of nitrogens with zero attached hydrogens (tertiary/aromatic N) is 1. The summed E-state index contributed by atoms with van der Waals surface area (Å²) in [5.41, 5.74) is -0.360. The van der Waals surface area contributed by atoms with E-state index < -0.39 is 11.5 Å². The van der Waals surface area contributed by atoms with Gasteiger partial charge in [-0.25, -0.2) is 0 Å². The molecule has 1 heterocycles. The van der Waals surface area contributed by atoms with E-state index in [1.165, 1.54) is 6.20 Å². The molecule has 1 amide bonds. The largest absolute Gasteiger partial charge is 0.507 e. The number of amides is 1. The standard InChI is InChI=1S/C11H17N3O3/c1-14(2)5-3-4-12-11(17)8-7-13-10(16)6-9(8)15/h6-7H,3-5H2,1-2H3,(H,12,17)(H2,13,15,16). The lowest BCUT2D eigenvalue weighted by Gasteiger charge is -2.10. The number of hydrogen-bond acceptors (Lipinski definition) is 4. The summed E-state index contributed by atoms with van der Waals surface area (Å²) in [5, 5.41) is 12.1. The van der Waals surface area contributed by atoms with Crippen LogP contribution in [0.15, 0.2) is 17.1 Å². The Bertz CT molecular complexity index is 440. The molecule has 0 spiro atoms. The summed E-state index contributed by atoms with van der Waals surface area (Å²) in [7, 11) is 3.91. The number of pyridine rings is 1. The number of aromatic hydroxyl groups is 1. The summed E-state index contributed by atoms with van der Waals surface area (Å²) in [6, 6.07) is 0.981. The van der Waals surface area contributed by atoms with E-state index in [1.54, 1.807) is 0 Å². The summed E-state index contributed by atoms with van der Waals surface area (Å²) in [5.74, 6) is -0.698. The van der Waals surface area contributed by atoms with Crippen molar-refractivity contribution in [1.29, 1.82) is 0 Å². The minimum absolute atomic E-state index is 0.0782. The van der Waals surface area contributed by atoms with Crippen LogP contribution < -0.4 is 10.9 Å². The Balaban J connectivity index is 2.50. The van der Waals surface area contributed by atoms with Crippen molar-refractivity contribution in [3.8, 4) is 5.75 Å². The van der Waals surface area contributed by atoms with Gasteiger partial charge in [-0.05, 0) is 27.1 Å². The number of carbonyl (C=O) groups is 1. The number of nitrogens with one attached hydrogen (secondary N) is 2. The Hall–Kier alpha value is -1.82. The second-order valence-corrected chi connectivity index (χ2v) is 4.01. The maximum absolute atomic E-state index is 11.6. The highest BCUT2D eigenvalue weighted by molar-refractivity contribution is 5.96. The first-order chi connectivity index (χ1) is 8.00. The van der Waals surface area contributed by atoms with E-state index in [0.29, 0.717) is 6.54 Å². The molecule has 94 valence electrons. The van der Waals surface area contributed by atoms with E-state index in [-0.39, 0.29) is 11.3 Å². The van der Waals surface area contributed by atoms with Crippen molar-refractivity contribution >= 4 is 5.91 Å². The average Bonchev–Trinajstić information content (AvgIpc) is 2.23. The Labute approximate surface area is 99.3 Å². The van der Waals surface area contributed by atoms with Gasteiger partial charge in [-0.2, -0.15) is 0 Å². The molecule has 6 heteroatoms. The lowest BCUT2D eigenvalue weighted by Crippen LogP contribution is -2.27. The summed E-state index contributed by atoms with van der Waals surface area (Å²) >= 11 is 0. The highest BCUT2D eigenvalue weighted by atomic mass is 16.3.